The Morgan fingerprint density at radius 3 is 2.27 bits per heavy atom. The molecule has 10 heteroatoms. The van der Waals surface area contributed by atoms with Crippen molar-refractivity contribution in [3.63, 3.8) is 0 Å². The van der Waals surface area contributed by atoms with Crippen LogP contribution in [-0.2, 0) is 11.0 Å². The van der Waals surface area contributed by atoms with E-state index in [1.165, 1.54) is 6.08 Å². The van der Waals surface area contributed by atoms with Gasteiger partial charge in [-0.05, 0) is 68.0 Å². The SMILES string of the molecule is Cc1cc(C=C(C#N)C(=O)Nc2cc(C(F)(F)F)ccc2Cl)c(C)n1-c1cc(Cl)cc(Cl)c1. The van der Waals surface area contributed by atoms with Crippen molar-refractivity contribution in [3.05, 3.63) is 85.6 Å². The average Bonchev–Trinajstić information content (AvgIpc) is 2.99. The van der Waals surface area contributed by atoms with Gasteiger partial charge in [-0.3, -0.25) is 4.79 Å². The van der Waals surface area contributed by atoms with Gasteiger partial charge >= 0.3 is 6.18 Å². The molecule has 1 aromatic heterocycles. The summed E-state index contributed by atoms with van der Waals surface area (Å²) in [4.78, 5) is 12.6. The van der Waals surface area contributed by atoms with Crippen molar-refractivity contribution in [1.82, 2.24) is 4.57 Å². The number of aromatic nitrogens is 1. The van der Waals surface area contributed by atoms with Crippen LogP contribution in [0.5, 0.6) is 0 Å². The van der Waals surface area contributed by atoms with Crippen LogP contribution in [0.15, 0.2) is 48.0 Å². The molecular weight excluding hydrogens is 498 g/mol. The minimum atomic E-state index is -4.61. The predicted molar refractivity (Wildman–Crippen MR) is 124 cm³/mol. The topological polar surface area (TPSA) is 57.8 Å². The van der Waals surface area contributed by atoms with E-state index < -0.39 is 17.6 Å². The van der Waals surface area contributed by atoms with E-state index >= 15 is 0 Å². The number of hydrogen-bond acceptors (Lipinski definition) is 2. The van der Waals surface area contributed by atoms with Crippen molar-refractivity contribution in [1.29, 1.82) is 5.26 Å². The molecule has 0 aliphatic rings. The van der Waals surface area contributed by atoms with E-state index in [0.717, 1.165) is 17.8 Å². The van der Waals surface area contributed by atoms with E-state index in [-0.39, 0.29) is 16.3 Å². The van der Waals surface area contributed by atoms with Crippen LogP contribution in [0.2, 0.25) is 15.1 Å². The van der Waals surface area contributed by atoms with Crippen LogP contribution in [0.1, 0.15) is 22.5 Å². The van der Waals surface area contributed by atoms with E-state index in [4.69, 9.17) is 34.8 Å². The quantitative estimate of drug-likeness (QED) is 0.289. The Bertz CT molecular complexity index is 1300. The van der Waals surface area contributed by atoms with Gasteiger partial charge in [-0.2, -0.15) is 18.4 Å². The van der Waals surface area contributed by atoms with Crippen LogP contribution in [0.25, 0.3) is 11.8 Å². The van der Waals surface area contributed by atoms with Gasteiger partial charge in [-0.1, -0.05) is 34.8 Å². The number of nitrogens with zero attached hydrogens (tertiary/aromatic N) is 2. The molecule has 1 heterocycles. The second-order valence-corrected chi connectivity index (χ2v) is 8.39. The average molecular weight is 513 g/mol. The van der Waals surface area contributed by atoms with Crippen LogP contribution in [0, 0.1) is 25.2 Å². The summed E-state index contributed by atoms with van der Waals surface area (Å²) in [5.41, 5.74) is 1.20. The number of nitriles is 1. The number of amides is 1. The number of anilines is 1. The molecule has 0 spiro atoms. The molecule has 0 aliphatic carbocycles. The van der Waals surface area contributed by atoms with Gasteiger partial charge < -0.3 is 9.88 Å². The highest BCUT2D eigenvalue weighted by Gasteiger charge is 2.31. The number of alkyl halides is 3. The van der Waals surface area contributed by atoms with Gasteiger partial charge in [0.05, 0.1) is 16.3 Å². The highest BCUT2D eigenvalue weighted by Crippen LogP contribution is 2.34. The summed E-state index contributed by atoms with van der Waals surface area (Å²) >= 11 is 18.1. The zero-order valence-corrected chi connectivity index (χ0v) is 19.5. The number of carbonyl (C=O) groups excluding carboxylic acids is 1. The van der Waals surface area contributed by atoms with E-state index in [2.05, 4.69) is 5.32 Å². The Hall–Kier alpha value is -2.92. The molecule has 1 amide bonds. The largest absolute Gasteiger partial charge is 0.416 e. The maximum Gasteiger partial charge on any atom is 0.416 e. The van der Waals surface area contributed by atoms with Crippen molar-refractivity contribution < 1.29 is 18.0 Å². The summed E-state index contributed by atoms with van der Waals surface area (Å²) in [5.74, 6) is -0.894. The van der Waals surface area contributed by atoms with Gasteiger partial charge in [-0.15, -0.1) is 0 Å². The standard InChI is InChI=1S/C23H15Cl3F3N3O/c1-12-5-14(13(2)32(12)19-9-17(24)8-18(25)10-19)6-15(11-30)22(33)31-21-7-16(23(27,28)29)3-4-20(21)26/h3-10H,1-2H3,(H,31,33). The van der Waals surface area contributed by atoms with Crippen LogP contribution < -0.4 is 5.32 Å². The lowest BCUT2D eigenvalue weighted by Gasteiger charge is -2.12. The van der Waals surface area contributed by atoms with Crippen LogP contribution in [0.4, 0.5) is 18.9 Å². The fraction of sp³-hybridized carbons (Fsp3) is 0.130. The third-order valence-corrected chi connectivity index (χ3v) is 5.55. The summed E-state index contributed by atoms with van der Waals surface area (Å²) in [5, 5.41) is 12.6. The summed E-state index contributed by atoms with van der Waals surface area (Å²) < 4.78 is 40.8. The van der Waals surface area contributed by atoms with Gasteiger partial charge in [0.1, 0.15) is 11.6 Å². The van der Waals surface area contributed by atoms with Crippen LogP contribution >= 0.6 is 34.8 Å². The monoisotopic (exact) mass is 511 g/mol. The van der Waals surface area contributed by atoms with Gasteiger partial charge in [0.2, 0.25) is 0 Å². The molecule has 170 valence electrons. The number of nitrogens with one attached hydrogen (secondary N) is 1. The number of carbonyl (C=O) groups is 1. The molecule has 0 saturated heterocycles. The molecule has 3 aromatic rings. The first-order valence-electron chi connectivity index (χ1n) is 9.36. The Balaban J connectivity index is 1.96. The normalized spacial score (nSPS) is 11.9. The van der Waals surface area contributed by atoms with Crippen molar-refractivity contribution >= 4 is 52.5 Å². The zero-order valence-electron chi connectivity index (χ0n) is 17.2. The summed E-state index contributed by atoms with van der Waals surface area (Å²) in [7, 11) is 0. The fourth-order valence-corrected chi connectivity index (χ4v) is 3.97. The Morgan fingerprint density at radius 2 is 1.70 bits per heavy atom. The minimum Gasteiger partial charge on any atom is -0.320 e. The molecular formula is C23H15Cl3F3N3O. The first-order chi connectivity index (χ1) is 15.4. The van der Waals surface area contributed by atoms with Gasteiger partial charge in [0.15, 0.2) is 0 Å². The molecule has 2 aromatic carbocycles. The van der Waals surface area contributed by atoms with E-state index in [1.807, 2.05) is 11.5 Å². The molecule has 0 fully saturated rings. The molecule has 0 unspecified atom stereocenters. The number of benzene rings is 2. The smallest absolute Gasteiger partial charge is 0.320 e. The highest BCUT2D eigenvalue weighted by atomic mass is 35.5. The number of halogens is 6. The highest BCUT2D eigenvalue weighted by molar-refractivity contribution is 6.35. The van der Waals surface area contributed by atoms with Gasteiger partial charge in [0.25, 0.3) is 5.91 Å². The maximum atomic E-state index is 13.0. The van der Waals surface area contributed by atoms with Crippen molar-refractivity contribution in [2.24, 2.45) is 0 Å². The predicted octanol–water partition coefficient (Wildman–Crippen LogP) is 7.62. The molecule has 0 atom stereocenters. The molecule has 4 nitrogen and oxygen atoms in total. The molecule has 0 aliphatic heterocycles. The first-order valence-corrected chi connectivity index (χ1v) is 10.5. The molecule has 0 saturated carbocycles. The lowest BCUT2D eigenvalue weighted by molar-refractivity contribution is -0.137. The lowest BCUT2D eigenvalue weighted by atomic mass is 10.1. The molecule has 3 rings (SSSR count). The Labute approximate surface area is 202 Å². The lowest BCUT2D eigenvalue weighted by Crippen LogP contribution is -2.15. The third-order valence-electron chi connectivity index (χ3n) is 4.78. The van der Waals surface area contributed by atoms with Crippen molar-refractivity contribution in [2.45, 2.75) is 20.0 Å². The van der Waals surface area contributed by atoms with Crippen LogP contribution in [-0.4, -0.2) is 10.5 Å². The summed E-state index contributed by atoms with van der Waals surface area (Å²) in [6.07, 6.45) is -3.26. The van der Waals surface area contributed by atoms with Crippen LogP contribution in [0.3, 0.4) is 0 Å². The minimum absolute atomic E-state index is 0.0929. The first kappa shape index (κ1) is 24.7. The van der Waals surface area contributed by atoms with E-state index in [0.29, 0.717) is 33.1 Å². The summed E-state index contributed by atoms with van der Waals surface area (Å²) in [6.45, 7) is 3.61. The fourth-order valence-electron chi connectivity index (χ4n) is 3.29. The molecule has 1 N–H and O–H groups in total. The van der Waals surface area contributed by atoms with Crippen molar-refractivity contribution in [3.8, 4) is 11.8 Å². The van der Waals surface area contributed by atoms with Gasteiger partial charge in [-0.25, -0.2) is 0 Å². The second kappa shape index (κ2) is 9.52. The van der Waals surface area contributed by atoms with E-state index in [9.17, 15) is 23.2 Å². The van der Waals surface area contributed by atoms with Gasteiger partial charge in [0, 0.05) is 27.1 Å². The number of aryl methyl sites for hydroxylation is 1. The maximum absolute atomic E-state index is 13.0. The molecule has 33 heavy (non-hydrogen) atoms. The Morgan fingerprint density at radius 1 is 1.06 bits per heavy atom. The molecule has 0 bridgehead atoms. The zero-order chi connectivity index (χ0) is 24.5. The number of rotatable bonds is 4. The molecule has 0 radical (unpaired) electrons. The third kappa shape index (κ3) is 5.53. The number of hydrogen-bond donors (Lipinski definition) is 1. The van der Waals surface area contributed by atoms with Crippen molar-refractivity contribution in [2.75, 3.05) is 5.32 Å². The summed E-state index contributed by atoms with van der Waals surface area (Å²) in [6, 6.07) is 11.1. The Kier molecular flexibility index (Phi) is 7.13. The second-order valence-electron chi connectivity index (χ2n) is 7.11. The van der Waals surface area contributed by atoms with E-state index in [1.54, 1.807) is 37.3 Å².